The molecule has 0 aliphatic carbocycles. The Kier molecular flexibility index (Phi) is 5.79. The summed E-state index contributed by atoms with van der Waals surface area (Å²) in [5.41, 5.74) is 1.91. The van der Waals surface area contributed by atoms with E-state index in [-0.39, 0.29) is 0 Å². The molecule has 0 aliphatic heterocycles. The second-order valence-electron chi connectivity index (χ2n) is 5.17. The highest BCUT2D eigenvalue weighted by Crippen LogP contribution is 2.17. The Balaban J connectivity index is 1.83. The van der Waals surface area contributed by atoms with Crippen LogP contribution in [0.2, 0.25) is 0 Å². The Hall–Kier alpha value is -1.83. The van der Waals surface area contributed by atoms with E-state index in [0.29, 0.717) is 0 Å². The first-order valence-corrected chi connectivity index (χ1v) is 7.70. The van der Waals surface area contributed by atoms with Gasteiger partial charge in [-0.25, -0.2) is 0 Å². The topological polar surface area (TPSA) is 44.0 Å². The van der Waals surface area contributed by atoms with Crippen molar-refractivity contribution in [3.63, 3.8) is 0 Å². The highest BCUT2D eigenvalue weighted by atomic mass is 15.1. The van der Waals surface area contributed by atoms with E-state index in [2.05, 4.69) is 47.0 Å². The molecule has 0 bridgehead atoms. The Labute approximate surface area is 127 Å². The molecule has 112 valence electrons. The van der Waals surface area contributed by atoms with Gasteiger partial charge in [-0.15, -0.1) is 0 Å². The molecule has 0 amide bonds. The van der Waals surface area contributed by atoms with Gasteiger partial charge in [0.2, 0.25) is 0 Å². The fourth-order valence-corrected chi connectivity index (χ4v) is 2.57. The number of fused-ring (bicyclic) bond motifs is 1. The number of nitrogens with zero attached hydrogens (tertiary/aromatic N) is 3. The van der Waals surface area contributed by atoms with Crippen LogP contribution in [0.1, 0.15) is 19.4 Å². The molecule has 1 aromatic heterocycles. The summed E-state index contributed by atoms with van der Waals surface area (Å²) in [5.74, 6) is 0. The van der Waals surface area contributed by atoms with Gasteiger partial charge in [0.15, 0.2) is 0 Å². The minimum absolute atomic E-state index is 0.720. The molecule has 0 spiro atoms. The SMILES string of the molecule is CCN(CC)CCNCCn1ccc2cc(C#N)ccc21. The Morgan fingerprint density at radius 3 is 2.71 bits per heavy atom. The zero-order chi connectivity index (χ0) is 15.1. The van der Waals surface area contributed by atoms with Crippen LogP contribution in [-0.4, -0.2) is 42.2 Å². The summed E-state index contributed by atoms with van der Waals surface area (Å²) < 4.78 is 2.24. The van der Waals surface area contributed by atoms with Crippen LogP contribution in [0.5, 0.6) is 0 Å². The summed E-state index contributed by atoms with van der Waals surface area (Å²) in [5, 5.41) is 13.6. The molecule has 4 nitrogen and oxygen atoms in total. The average Bonchev–Trinajstić information content (AvgIpc) is 2.93. The van der Waals surface area contributed by atoms with Crippen LogP contribution in [0, 0.1) is 11.3 Å². The molecule has 0 aliphatic rings. The van der Waals surface area contributed by atoms with Crippen molar-refractivity contribution in [1.82, 2.24) is 14.8 Å². The molecule has 1 N–H and O–H groups in total. The van der Waals surface area contributed by atoms with E-state index in [1.54, 1.807) is 0 Å². The van der Waals surface area contributed by atoms with E-state index in [1.807, 2.05) is 18.2 Å². The summed E-state index contributed by atoms with van der Waals surface area (Å²) in [6.07, 6.45) is 2.10. The van der Waals surface area contributed by atoms with E-state index in [1.165, 1.54) is 5.52 Å². The highest BCUT2D eigenvalue weighted by molar-refractivity contribution is 5.81. The maximum Gasteiger partial charge on any atom is 0.0991 e. The summed E-state index contributed by atoms with van der Waals surface area (Å²) in [6, 6.07) is 10.1. The van der Waals surface area contributed by atoms with Crippen molar-refractivity contribution >= 4 is 10.9 Å². The first-order valence-electron chi connectivity index (χ1n) is 7.70. The van der Waals surface area contributed by atoms with Gasteiger partial charge in [-0.3, -0.25) is 0 Å². The molecule has 2 aromatic rings. The first kappa shape index (κ1) is 15.6. The van der Waals surface area contributed by atoms with Gasteiger partial charge in [0.1, 0.15) is 0 Å². The lowest BCUT2D eigenvalue weighted by molar-refractivity contribution is 0.302. The predicted molar refractivity (Wildman–Crippen MR) is 87.3 cm³/mol. The van der Waals surface area contributed by atoms with Crippen molar-refractivity contribution < 1.29 is 0 Å². The van der Waals surface area contributed by atoms with Crippen molar-refractivity contribution in [2.75, 3.05) is 32.7 Å². The van der Waals surface area contributed by atoms with E-state index in [0.717, 1.165) is 50.2 Å². The quantitative estimate of drug-likeness (QED) is 0.757. The molecule has 0 fully saturated rings. The second kappa shape index (κ2) is 7.82. The fraction of sp³-hybridized carbons (Fsp3) is 0.471. The third-order valence-electron chi connectivity index (χ3n) is 3.93. The summed E-state index contributed by atoms with van der Waals surface area (Å²) in [6.45, 7) is 10.7. The van der Waals surface area contributed by atoms with Crippen LogP contribution < -0.4 is 5.32 Å². The number of likely N-dealkylation sites (N-methyl/N-ethyl adjacent to an activating group) is 1. The van der Waals surface area contributed by atoms with E-state index < -0.39 is 0 Å². The van der Waals surface area contributed by atoms with Gasteiger partial charge in [0, 0.05) is 43.3 Å². The van der Waals surface area contributed by atoms with Gasteiger partial charge >= 0.3 is 0 Å². The summed E-state index contributed by atoms with van der Waals surface area (Å²) in [4.78, 5) is 2.42. The van der Waals surface area contributed by atoms with Gasteiger partial charge in [-0.2, -0.15) is 5.26 Å². The molecule has 2 rings (SSSR count). The summed E-state index contributed by atoms with van der Waals surface area (Å²) in [7, 11) is 0. The van der Waals surface area contributed by atoms with Gasteiger partial charge in [-0.1, -0.05) is 13.8 Å². The lowest BCUT2D eigenvalue weighted by Gasteiger charge is -2.18. The van der Waals surface area contributed by atoms with Crippen molar-refractivity contribution in [2.45, 2.75) is 20.4 Å². The molecule has 0 atom stereocenters. The number of aromatic nitrogens is 1. The lowest BCUT2D eigenvalue weighted by atomic mass is 10.2. The zero-order valence-corrected chi connectivity index (χ0v) is 13.0. The molecule has 0 saturated heterocycles. The molecule has 0 unspecified atom stereocenters. The summed E-state index contributed by atoms with van der Waals surface area (Å²) >= 11 is 0. The number of hydrogen-bond acceptors (Lipinski definition) is 3. The van der Waals surface area contributed by atoms with Crippen molar-refractivity contribution in [1.29, 1.82) is 5.26 Å². The highest BCUT2D eigenvalue weighted by Gasteiger charge is 2.02. The van der Waals surface area contributed by atoms with Crippen molar-refractivity contribution in [2.24, 2.45) is 0 Å². The Bertz CT molecular complexity index is 605. The molecule has 21 heavy (non-hydrogen) atoms. The fourth-order valence-electron chi connectivity index (χ4n) is 2.57. The Morgan fingerprint density at radius 1 is 1.19 bits per heavy atom. The van der Waals surface area contributed by atoms with Gasteiger partial charge in [-0.05, 0) is 37.4 Å². The van der Waals surface area contributed by atoms with Crippen molar-refractivity contribution in [3.05, 3.63) is 36.0 Å². The molecular formula is C17H24N4. The van der Waals surface area contributed by atoms with E-state index >= 15 is 0 Å². The molecule has 0 radical (unpaired) electrons. The maximum absolute atomic E-state index is 8.92. The zero-order valence-electron chi connectivity index (χ0n) is 13.0. The monoisotopic (exact) mass is 284 g/mol. The standard InChI is InChI=1S/C17H24N4/c1-3-20(4-2)11-8-19-9-12-21-10-7-16-13-15(14-18)5-6-17(16)21/h5-7,10,13,19H,3-4,8-9,11-12H2,1-2H3. The number of nitriles is 1. The minimum atomic E-state index is 0.720. The van der Waals surface area contributed by atoms with Crippen LogP contribution >= 0.6 is 0 Å². The van der Waals surface area contributed by atoms with Crippen LogP contribution in [-0.2, 0) is 6.54 Å². The largest absolute Gasteiger partial charge is 0.346 e. The van der Waals surface area contributed by atoms with Gasteiger partial charge in [0.25, 0.3) is 0 Å². The normalized spacial score (nSPS) is 11.1. The number of hydrogen-bond donors (Lipinski definition) is 1. The molecular weight excluding hydrogens is 260 g/mol. The van der Waals surface area contributed by atoms with Crippen LogP contribution in [0.4, 0.5) is 0 Å². The van der Waals surface area contributed by atoms with Crippen LogP contribution in [0.15, 0.2) is 30.5 Å². The van der Waals surface area contributed by atoms with E-state index in [4.69, 9.17) is 5.26 Å². The lowest BCUT2D eigenvalue weighted by Crippen LogP contribution is -2.33. The third kappa shape index (κ3) is 4.07. The average molecular weight is 284 g/mol. The number of nitrogens with one attached hydrogen (secondary N) is 1. The smallest absolute Gasteiger partial charge is 0.0991 e. The van der Waals surface area contributed by atoms with Gasteiger partial charge in [0.05, 0.1) is 11.6 Å². The Morgan fingerprint density at radius 2 is 2.00 bits per heavy atom. The maximum atomic E-state index is 8.92. The molecule has 4 heteroatoms. The predicted octanol–water partition coefficient (Wildman–Crippen LogP) is 2.44. The number of rotatable bonds is 8. The first-order chi connectivity index (χ1) is 10.3. The van der Waals surface area contributed by atoms with Gasteiger partial charge < -0.3 is 14.8 Å². The number of benzene rings is 1. The molecule has 1 heterocycles. The molecule has 0 saturated carbocycles. The van der Waals surface area contributed by atoms with Crippen LogP contribution in [0.25, 0.3) is 10.9 Å². The molecule has 1 aromatic carbocycles. The minimum Gasteiger partial charge on any atom is -0.346 e. The van der Waals surface area contributed by atoms with Crippen molar-refractivity contribution in [3.8, 4) is 6.07 Å². The second-order valence-corrected chi connectivity index (χ2v) is 5.17. The van der Waals surface area contributed by atoms with Crippen LogP contribution in [0.3, 0.4) is 0 Å². The van der Waals surface area contributed by atoms with E-state index in [9.17, 15) is 0 Å². The third-order valence-corrected chi connectivity index (χ3v) is 3.93.